The van der Waals surface area contributed by atoms with Crippen LogP contribution >= 0.6 is 0 Å². The van der Waals surface area contributed by atoms with Crippen LogP contribution in [-0.2, 0) is 7.05 Å². The molecule has 180 valence electrons. The average Bonchev–Trinajstić information content (AvgIpc) is 3.63. The van der Waals surface area contributed by atoms with Gasteiger partial charge in [0.2, 0.25) is 11.8 Å². The number of nitrogens with one attached hydrogen (secondary N) is 1. The highest BCUT2D eigenvalue weighted by Gasteiger charge is 2.47. The van der Waals surface area contributed by atoms with E-state index < -0.39 is 6.17 Å². The molecule has 0 amide bonds. The van der Waals surface area contributed by atoms with E-state index in [4.69, 9.17) is 5.26 Å². The number of hydrogen-bond donors (Lipinski definition) is 2. The maximum atomic E-state index is 15.4. The van der Waals surface area contributed by atoms with Crippen LogP contribution in [0.5, 0.6) is 5.75 Å². The Kier molecular flexibility index (Phi) is 5.33. The van der Waals surface area contributed by atoms with Crippen molar-refractivity contribution >= 4 is 5.95 Å². The lowest BCUT2D eigenvalue weighted by Crippen LogP contribution is -2.62. The molecule has 10 nitrogen and oxygen atoms in total. The highest BCUT2D eigenvalue weighted by molar-refractivity contribution is 5.71. The van der Waals surface area contributed by atoms with Crippen LogP contribution in [0.1, 0.15) is 44.3 Å². The lowest BCUT2D eigenvalue weighted by atomic mass is 9.82. The van der Waals surface area contributed by atoms with E-state index in [1.807, 2.05) is 6.07 Å². The molecule has 0 radical (unpaired) electrons. The van der Waals surface area contributed by atoms with Gasteiger partial charge in [0.05, 0.1) is 12.2 Å². The predicted molar refractivity (Wildman–Crippen MR) is 125 cm³/mol. The Morgan fingerprint density at radius 1 is 1.23 bits per heavy atom. The highest BCUT2D eigenvalue weighted by atomic mass is 19.1. The van der Waals surface area contributed by atoms with Crippen LogP contribution < -0.4 is 10.2 Å². The molecule has 0 unspecified atom stereocenters. The SMILES string of the molecule is Cn1nc(-c2ccc(-c3cnc(N(C4CC4)[C@@H]4C[C@@H]5CCC[C@H](N5)[C@@H]4F)nn3)c(O)c2)nc1C#N. The number of fused-ring (bicyclic) bond motifs is 2. The third kappa shape index (κ3) is 3.97. The molecular weight excluding hydrogens is 449 g/mol. The van der Waals surface area contributed by atoms with Crippen LogP contribution in [0, 0.1) is 11.3 Å². The van der Waals surface area contributed by atoms with E-state index in [2.05, 4.69) is 35.5 Å². The summed E-state index contributed by atoms with van der Waals surface area (Å²) in [5.41, 5.74) is 1.46. The minimum Gasteiger partial charge on any atom is -0.507 e. The Bertz CT molecular complexity index is 1280. The van der Waals surface area contributed by atoms with Crippen LogP contribution in [-0.4, -0.2) is 65.4 Å². The zero-order valence-electron chi connectivity index (χ0n) is 19.3. The third-order valence-electron chi connectivity index (χ3n) is 7.27. The summed E-state index contributed by atoms with van der Waals surface area (Å²) in [6.45, 7) is 0. The summed E-state index contributed by atoms with van der Waals surface area (Å²) < 4.78 is 16.8. The number of phenolic OH excluding ortho intramolecular Hbond substituents is 1. The largest absolute Gasteiger partial charge is 0.507 e. The number of aromatic nitrogens is 6. The first-order valence-electron chi connectivity index (χ1n) is 12.0. The lowest BCUT2D eigenvalue weighted by molar-refractivity contribution is 0.103. The first-order valence-corrected chi connectivity index (χ1v) is 12.0. The van der Waals surface area contributed by atoms with Crippen LogP contribution in [0.2, 0.25) is 0 Å². The summed E-state index contributed by atoms with van der Waals surface area (Å²) in [5, 5.41) is 36.1. The summed E-state index contributed by atoms with van der Waals surface area (Å²) in [6, 6.07) is 7.19. The molecule has 11 heteroatoms. The monoisotopic (exact) mass is 475 g/mol. The van der Waals surface area contributed by atoms with Crippen molar-refractivity contribution < 1.29 is 9.50 Å². The molecule has 2 bridgehead atoms. The summed E-state index contributed by atoms with van der Waals surface area (Å²) in [7, 11) is 1.64. The van der Waals surface area contributed by atoms with Gasteiger partial charge in [0, 0.05) is 36.3 Å². The molecule has 3 aromatic rings. The molecule has 3 fully saturated rings. The van der Waals surface area contributed by atoms with Crippen molar-refractivity contribution in [2.24, 2.45) is 7.05 Å². The Morgan fingerprint density at radius 2 is 2.09 bits per heavy atom. The van der Waals surface area contributed by atoms with E-state index in [1.54, 1.807) is 25.4 Å². The number of nitrogens with zero attached hydrogens (tertiary/aromatic N) is 8. The fourth-order valence-electron chi connectivity index (χ4n) is 5.38. The molecule has 4 heterocycles. The van der Waals surface area contributed by atoms with Gasteiger partial charge < -0.3 is 15.3 Å². The second kappa shape index (κ2) is 8.53. The minimum absolute atomic E-state index is 0.0219. The predicted octanol–water partition coefficient (Wildman–Crippen LogP) is 2.50. The summed E-state index contributed by atoms with van der Waals surface area (Å²) in [6.07, 6.45) is 6.40. The Morgan fingerprint density at radius 3 is 2.77 bits per heavy atom. The van der Waals surface area contributed by atoms with Gasteiger partial charge in [-0.3, -0.25) is 0 Å². The molecule has 1 aliphatic carbocycles. The van der Waals surface area contributed by atoms with Gasteiger partial charge in [-0.2, -0.15) is 15.3 Å². The number of aromatic hydroxyl groups is 1. The fourth-order valence-corrected chi connectivity index (χ4v) is 5.38. The van der Waals surface area contributed by atoms with Crippen LogP contribution in [0.3, 0.4) is 0 Å². The van der Waals surface area contributed by atoms with Gasteiger partial charge in [0.25, 0.3) is 0 Å². The second-order valence-corrected chi connectivity index (χ2v) is 9.66. The van der Waals surface area contributed by atoms with Gasteiger partial charge in [0.1, 0.15) is 23.7 Å². The first-order chi connectivity index (χ1) is 17.0. The van der Waals surface area contributed by atoms with Gasteiger partial charge in [-0.15, -0.1) is 10.2 Å². The topological polar surface area (TPSA) is 129 Å². The molecule has 0 spiro atoms. The van der Waals surface area contributed by atoms with E-state index in [9.17, 15) is 5.11 Å². The van der Waals surface area contributed by atoms with Gasteiger partial charge in [-0.05, 0) is 44.2 Å². The maximum absolute atomic E-state index is 15.4. The molecule has 2 N–H and O–H groups in total. The summed E-state index contributed by atoms with van der Waals surface area (Å²) in [5.74, 6) is 0.952. The van der Waals surface area contributed by atoms with Gasteiger partial charge in [-0.1, -0.05) is 12.5 Å². The van der Waals surface area contributed by atoms with E-state index in [1.165, 1.54) is 10.7 Å². The molecule has 6 rings (SSSR count). The molecule has 2 saturated heterocycles. The second-order valence-electron chi connectivity index (χ2n) is 9.66. The van der Waals surface area contributed by atoms with Crippen molar-refractivity contribution in [3.63, 3.8) is 0 Å². The zero-order chi connectivity index (χ0) is 24.1. The van der Waals surface area contributed by atoms with Gasteiger partial charge >= 0.3 is 0 Å². The standard InChI is InChI=1S/C24H26FN9O/c1-33-21(11-26)29-23(32-33)13-5-8-16(20(35)9-13)18-12-27-24(31-30-18)34(15-6-7-15)19-10-14-3-2-4-17(28-14)22(19)25/h5,8-9,12,14-15,17,19,22,28,35H,2-4,6-7,10H2,1H3/t14-,17-,19+,22-/m0/s1. The number of phenols is 1. The van der Waals surface area contributed by atoms with E-state index in [0.29, 0.717) is 34.6 Å². The van der Waals surface area contributed by atoms with Crippen molar-refractivity contribution in [2.75, 3.05) is 4.90 Å². The van der Waals surface area contributed by atoms with Gasteiger partial charge in [0.15, 0.2) is 5.82 Å². The van der Waals surface area contributed by atoms with Gasteiger partial charge in [-0.25, -0.2) is 14.1 Å². The number of halogens is 1. The van der Waals surface area contributed by atoms with Crippen LogP contribution in [0.15, 0.2) is 24.4 Å². The highest BCUT2D eigenvalue weighted by Crippen LogP contribution is 2.39. The number of nitriles is 1. The van der Waals surface area contributed by atoms with Crippen molar-refractivity contribution in [3.05, 3.63) is 30.2 Å². The van der Waals surface area contributed by atoms with Crippen LogP contribution in [0.25, 0.3) is 22.6 Å². The normalized spacial score (nSPS) is 25.7. The lowest BCUT2D eigenvalue weighted by Gasteiger charge is -2.46. The van der Waals surface area contributed by atoms with E-state index >= 15 is 4.39 Å². The van der Waals surface area contributed by atoms with Crippen molar-refractivity contribution in [1.82, 2.24) is 35.3 Å². The van der Waals surface area contributed by atoms with E-state index in [0.717, 1.165) is 38.5 Å². The number of rotatable bonds is 5. The number of aryl methyl sites for hydroxylation is 1. The number of alkyl halides is 1. The van der Waals surface area contributed by atoms with Crippen molar-refractivity contribution in [1.29, 1.82) is 5.26 Å². The molecule has 2 aromatic heterocycles. The van der Waals surface area contributed by atoms with Crippen LogP contribution in [0.4, 0.5) is 10.3 Å². The van der Waals surface area contributed by atoms with Crippen molar-refractivity contribution in [3.8, 4) is 34.5 Å². The van der Waals surface area contributed by atoms with Crippen molar-refractivity contribution in [2.45, 2.75) is 68.9 Å². The molecule has 1 saturated carbocycles. The zero-order valence-corrected chi connectivity index (χ0v) is 19.3. The average molecular weight is 476 g/mol. The third-order valence-corrected chi connectivity index (χ3v) is 7.27. The smallest absolute Gasteiger partial charge is 0.245 e. The Balaban J connectivity index is 1.26. The fraction of sp³-hybridized carbons (Fsp3) is 0.500. The summed E-state index contributed by atoms with van der Waals surface area (Å²) >= 11 is 0. The number of piperidine rings is 2. The quantitative estimate of drug-likeness (QED) is 0.572. The molecule has 3 aliphatic rings. The number of benzene rings is 1. The molecular formula is C24H26FN9O. The Hall–Kier alpha value is -3.65. The Labute approximate surface area is 201 Å². The molecule has 2 aliphatic heterocycles. The summed E-state index contributed by atoms with van der Waals surface area (Å²) in [4.78, 5) is 10.8. The molecule has 1 aromatic carbocycles. The number of hydrogen-bond acceptors (Lipinski definition) is 9. The maximum Gasteiger partial charge on any atom is 0.245 e. The minimum atomic E-state index is -0.964. The van der Waals surface area contributed by atoms with E-state index in [-0.39, 0.29) is 29.7 Å². The number of anilines is 1. The molecule has 35 heavy (non-hydrogen) atoms. The molecule has 4 atom stereocenters. The first kappa shape index (κ1) is 21.9.